The molecule has 6 rings (SSSR count). The van der Waals surface area contributed by atoms with Gasteiger partial charge in [0.15, 0.2) is 0 Å². The first-order chi connectivity index (χ1) is 22.9. The third kappa shape index (κ3) is 7.00. The molecular formula is C39H36ClN5O2. The van der Waals surface area contributed by atoms with Gasteiger partial charge in [0.25, 0.3) is 5.91 Å². The SMILES string of the molecule is CN(C)c1cc(Cl)ccc1C(=O)Nc1ccc(OCCn2nccc2NC(c2ccccc2)(c2ccccc2)c2ccccc2)cc1. The van der Waals surface area contributed by atoms with Crippen molar-refractivity contribution in [2.75, 3.05) is 36.2 Å². The first-order valence-electron chi connectivity index (χ1n) is 15.4. The molecule has 236 valence electrons. The third-order valence-corrected chi connectivity index (χ3v) is 8.26. The molecule has 47 heavy (non-hydrogen) atoms. The van der Waals surface area contributed by atoms with Gasteiger partial charge in [0.2, 0.25) is 0 Å². The highest BCUT2D eigenvalue weighted by atomic mass is 35.5. The van der Waals surface area contributed by atoms with Crippen LogP contribution in [0.15, 0.2) is 146 Å². The fourth-order valence-corrected chi connectivity index (χ4v) is 5.91. The summed E-state index contributed by atoms with van der Waals surface area (Å²) in [5, 5.41) is 12.1. The van der Waals surface area contributed by atoms with Crippen molar-refractivity contribution in [3.63, 3.8) is 0 Å². The van der Waals surface area contributed by atoms with Gasteiger partial charge in [-0.15, -0.1) is 0 Å². The molecular weight excluding hydrogens is 606 g/mol. The van der Waals surface area contributed by atoms with Crippen LogP contribution in [-0.2, 0) is 12.1 Å². The number of benzene rings is 5. The molecule has 0 aliphatic rings. The molecule has 0 saturated heterocycles. The maximum atomic E-state index is 13.0. The number of halogens is 1. The van der Waals surface area contributed by atoms with Crippen molar-refractivity contribution in [3.8, 4) is 5.75 Å². The van der Waals surface area contributed by atoms with Crippen molar-refractivity contribution in [2.24, 2.45) is 0 Å². The minimum absolute atomic E-state index is 0.213. The molecule has 7 nitrogen and oxygen atoms in total. The van der Waals surface area contributed by atoms with Gasteiger partial charge >= 0.3 is 0 Å². The number of ether oxygens (including phenoxy) is 1. The zero-order chi connectivity index (χ0) is 32.6. The van der Waals surface area contributed by atoms with Gasteiger partial charge in [-0.25, -0.2) is 4.68 Å². The molecule has 8 heteroatoms. The Balaban J connectivity index is 1.17. The predicted octanol–water partition coefficient (Wildman–Crippen LogP) is 8.34. The van der Waals surface area contributed by atoms with Crippen LogP contribution in [0.3, 0.4) is 0 Å². The molecule has 1 heterocycles. The minimum atomic E-state index is -0.665. The van der Waals surface area contributed by atoms with Gasteiger partial charge in [-0.1, -0.05) is 103 Å². The van der Waals surface area contributed by atoms with Crippen LogP contribution in [0.1, 0.15) is 27.0 Å². The Morgan fingerprint density at radius 2 is 1.36 bits per heavy atom. The van der Waals surface area contributed by atoms with Gasteiger partial charge < -0.3 is 20.3 Å². The molecule has 0 spiro atoms. The number of carbonyl (C=O) groups excluding carboxylic acids is 1. The maximum absolute atomic E-state index is 13.0. The summed E-state index contributed by atoms with van der Waals surface area (Å²) in [6, 6.07) is 46.0. The highest BCUT2D eigenvalue weighted by molar-refractivity contribution is 6.31. The van der Waals surface area contributed by atoms with Gasteiger partial charge in [0, 0.05) is 30.9 Å². The first-order valence-corrected chi connectivity index (χ1v) is 15.8. The second-order valence-corrected chi connectivity index (χ2v) is 11.7. The molecule has 6 aromatic rings. The molecule has 0 unspecified atom stereocenters. The van der Waals surface area contributed by atoms with E-state index in [-0.39, 0.29) is 5.91 Å². The number of hydrogen-bond acceptors (Lipinski definition) is 5. The number of nitrogens with one attached hydrogen (secondary N) is 2. The van der Waals surface area contributed by atoms with E-state index in [1.54, 1.807) is 24.4 Å². The van der Waals surface area contributed by atoms with E-state index in [9.17, 15) is 4.79 Å². The molecule has 1 amide bonds. The summed E-state index contributed by atoms with van der Waals surface area (Å²) < 4.78 is 8.03. The summed E-state index contributed by atoms with van der Waals surface area (Å²) in [6.07, 6.45) is 1.80. The number of carbonyl (C=O) groups is 1. The Morgan fingerprint density at radius 3 is 1.91 bits per heavy atom. The van der Waals surface area contributed by atoms with E-state index >= 15 is 0 Å². The molecule has 0 aliphatic carbocycles. The van der Waals surface area contributed by atoms with Crippen molar-refractivity contribution in [1.29, 1.82) is 0 Å². The first kappa shape index (κ1) is 31.5. The quantitative estimate of drug-likeness (QED) is 0.131. The number of amides is 1. The van der Waals surface area contributed by atoms with Gasteiger partial charge in [-0.05, 0) is 59.2 Å². The molecule has 0 bridgehead atoms. The van der Waals surface area contributed by atoms with E-state index < -0.39 is 5.54 Å². The molecule has 0 atom stereocenters. The lowest BCUT2D eigenvalue weighted by molar-refractivity contribution is 0.102. The summed E-state index contributed by atoms with van der Waals surface area (Å²) in [7, 11) is 3.76. The highest BCUT2D eigenvalue weighted by Crippen LogP contribution is 2.40. The second kappa shape index (κ2) is 14.3. The molecule has 1 aromatic heterocycles. The summed E-state index contributed by atoms with van der Waals surface area (Å²) in [6.45, 7) is 0.917. The fourth-order valence-electron chi connectivity index (χ4n) is 5.74. The highest BCUT2D eigenvalue weighted by Gasteiger charge is 2.37. The molecule has 0 radical (unpaired) electrons. The number of anilines is 3. The van der Waals surface area contributed by atoms with Crippen molar-refractivity contribution >= 4 is 34.7 Å². The molecule has 0 saturated carbocycles. The van der Waals surface area contributed by atoms with Crippen molar-refractivity contribution in [3.05, 3.63) is 173 Å². The van der Waals surface area contributed by atoms with Crippen LogP contribution in [0.2, 0.25) is 5.02 Å². The molecule has 5 aromatic carbocycles. The van der Waals surface area contributed by atoms with Gasteiger partial charge in [-0.3, -0.25) is 4.79 Å². The van der Waals surface area contributed by atoms with Gasteiger partial charge in [0.1, 0.15) is 23.7 Å². The van der Waals surface area contributed by atoms with Crippen molar-refractivity contribution in [1.82, 2.24) is 9.78 Å². The maximum Gasteiger partial charge on any atom is 0.257 e. The summed E-state index contributed by atoms with van der Waals surface area (Å²) in [5.41, 5.74) is 4.63. The Kier molecular flexibility index (Phi) is 9.55. The van der Waals surface area contributed by atoms with Crippen LogP contribution < -0.4 is 20.3 Å². The Morgan fingerprint density at radius 1 is 0.787 bits per heavy atom. The zero-order valence-corrected chi connectivity index (χ0v) is 27.1. The van der Waals surface area contributed by atoms with Crippen LogP contribution in [0.4, 0.5) is 17.2 Å². The van der Waals surface area contributed by atoms with E-state index in [0.717, 1.165) is 28.2 Å². The summed E-state index contributed by atoms with van der Waals surface area (Å²) >= 11 is 6.15. The Bertz CT molecular complexity index is 1810. The number of nitrogens with zero attached hydrogens (tertiary/aromatic N) is 3. The van der Waals surface area contributed by atoms with E-state index in [0.29, 0.717) is 35.2 Å². The average molecular weight is 642 g/mol. The minimum Gasteiger partial charge on any atom is -0.492 e. The Labute approximate surface area is 280 Å². The van der Waals surface area contributed by atoms with Crippen molar-refractivity contribution in [2.45, 2.75) is 12.1 Å². The largest absolute Gasteiger partial charge is 0.492 e. The second-order valence-electron chi connectivity index (χ2n) is 11.3. The van der Waals surface area contributed by atoms with Gasteiger partial charge in [-0.2, -0.15) is 5.10 Å². The normalized spacial score (nSPS) is 11.1. The molecule has 0 fully saturated rings. The smallest absolute Gasteiger partial charge is 0.257 e. The topological polar surface area (TPSA) is 71.4 Å². The summed E-state index contributed by atoms with van der Waals surface area (Å²) in [5.74, 6) is 1.34. The lowest BCUT2D eigenvalue weighted by atomic mass is 9.77. The Hall–Kier alpha value is -5.53. The van der Waals surface area contributed by atoms with Crippen LogP contribution in [0, 0.1) is 0 Å². The zero-order valence-electron chi connectivity index (χ0n) is 26.3. The van der Waals surface area contributed by atoms with E-state index in [1.807, 2.05) is 72.2 Å². The number of aromatic nitrogens is 2. The number of rotatable bonds is 12. The molecule has 0 aliphatic heterocycles. The average Bonchev–Trinajstić information content (AvgIpc) is 3.55. The molecule has 2 N–H and O–H groups in total. The van der Waals surface area contributed by atoms with E-state index in [1.165, 1.54) is 0 Å². The van der Waals surface area contributed by atoms with E-state index in [2.05, 4.69) is 88.5 Å². The standard InChI is InChI=1S/C39H36ClN5O2/c1-44(2)36-28-32(40)18-23-35(36)38(46)42-33-19-21-34(22-20-33)47-27-26-45-37(24-25-41-45)43-39(29-12-6-3-7-13-29,30-14-8-4-9-15-30)31-16-10-5-11-17-31/h3-25,28,43H,26-27H2,1-2H3,(H,42,46). The van der Waals surface area contributed by atoms with Gasteiger partial charge in [0.05, 0.1) is 24.0 Å². The predicted molar refractivity (Wildman–Crippen MR) is 191 cm³/mol. The van der Waals surface area contributed by atoms with Crippen LogP contribution in [0.25, 0.3) is 0 Å². The number of hydrogen-bond donors (Lipinski definition) is 2. The van der Waals surface area contributed by atoms with Crippen LogP contribution in [-0.4, -0.2) is 36.4 Å². The lowest BCUT2D eigenvalue weighted by Crippen LogP contribution is -2.39. The van der Waals surface area contributed by atoms with Crippen LogP contribution in [0.5, 0.6) is 5.75 Å². The van der Waals surface area contributed by atoms with Crippen molar-refractivity contribution < 1.29 is 9.53 Å². The summed E-state index contributed by atoms with van der Waals surface area (Å²) in [4.78, 5) is 14.9. The lowest BCUT2D eigenvalue weighted by Gasteiger charge is -2.37. The third-order valence-electron chi connectivity index (χ3n) is 8.02. The fraction of sp³-hybridized carbons (Fsp3) is 0.128. The van der Waals surface area contributed by atoms with E-state index in [4.69, 9.17) is 16.3 Å². The monoisotopic (exact) mass is 641 g/mol. The van der Waals surface area contributed by atoms with Crippen LogP contribution >= 0.6 is 11.6 Å².